The normalized spacial score (nSPS) is 12.9. The van der Waals surface area contributed by atoms with Gasteiger partial charge in [-0.3, -0.25) is 14.2 Å². The Kier molecular flexibility index (Phi) is 77.3. The molecule has 0 rings (SSSR count). The highest BCUT2D eigenvalue weighted by atomic mass is 31.2. The minimum atomic E-state index is -4.64. The molecule has 0 bridgehead atoms. The van der Waals surface area contributed by atoms with Crippen molar-refractivity contribution in [2.45, 2.75) is 495 Å². The van der Waals surface area contributed by atoms with Crippen LogP contribution in [0.3, 0.4) is 0 Å². The van der Waals surface area contributed by atoms with Crippen molar-refractivity contribution in [3.8, 4) is 0 Å². The number of quaternary nitrogens is 1. The van der Waals surface area contributed by atoms with Crippen LogP contribution in [0.25, 0.3) is 0 Å². The monoisotopic (exact) mass is 1380 g/mol. The molecule has 0 amide bonds. The van der Waals surface area contributed by atoms with Crippen LogP contribution in [0.4, 0.5) is 0 Å². The molecule has 0 N–H and O–H groups in total. The number of ether oxygens (including phenoxy) is 2. The fourth-order valence-corrected chi connectivity index (χ4v) is 14.7. The lowest BCUT2D eigenvalue weighted by atomic mass is 10.0. The maximum Gasteiger partial charge on any atom is 0.306 e. The quantitative estimate of drug-likeness (QED) is 0.0256. The number of likely N-dealkylation sites (N-methyl/N-ethyl adjacent to an activating group) is 1. The molecule has 574 valence electrons. The predicted molar refractivity (Wildman–Crippen MR) is 416 cm³/mol. The molecule has 9 nitrogen and oxygen atoms in total. The van der Waals surface area contributed by atoms with Gasteiger partial charge in [0.05, 0.1) is 27.7 Å². The molecule has 0 aliphatic heterocycles. The van der Waals surface area contributed by atoms with E-state index in [-0.39, 0.29) is 32.0 Å². The van der Waals surface area contributed by atoms with Crippen LogP contribution in [0.5, 0.6) is 0 Å². The molecular formula is C86H172NO8P. The second-order valence-corrected chi connectivity index (χ2v) is 33.0. The number of esters is 2. The van der Waals surface area contributed by atoms with E-state index in [4.69, 9.17) is 18.5 Å². The largest absolute Gasteiger partial charge is 0.756 e. The van der Waals surface area contributed by atoms with E-state index in [9.17, 15) is 19.0 Å². The van der Waals surface area contributed by atoms with Crippen LogP contribution >= 0.6 is 7.82 Å². The number of phosphoric ester groups is 1. The van der Waals surface area contributed by atoms with Gasteiger partial charge in [-0.2, -0.15) is 0 Å². The van der Waals surface area contributed by atoms with Crippen LogP contribution in [-0.2, 0) is 32.7 Å². The third kappa shape index (κ3) is 82.0. The van der Waals surface area contributed by atoms with E-state index >= 15 is 0 Å². The van der Waals surface area contributed by atoms with Crippen molar-refractivity contribution in [2.75, 3.05) is 47.5 Å². The number of unbranched alkanes of at least 4 members (excludes halogenated alkanes) is 70. The van der Waals surface area contributed by atoms with Crippen LogP contribution in [-0.4, -0.2) is 70.0 Å². The van der Waals surface area contributed by atoms with Gasteiger partial charge in [-0.1, -0.05) is 463 Å². The maximum absolute atomic E-state index is 12.9. The summed E-state index contributed by atoms with van der Waals surface area (Å²) in [5.41, 5.74) is 0. The van der Waals surface area contributed by atoms with Crippen molar-refractivity contribution in [3.05, 3.63) is 0 Å². The SMILES string of the molecule is CCCCCCCCCCCCCCCCCCCCCCCCCCCCCCCCCCCCCCC(=O)OC[C@H](COP(=O)([O-])OCC[N+](C)(C)C)OC(=O)CCCCCCCCCCCCCCCCCCCCCCCCCCCCCCCCCCCCCC. The number of carbonyl (C=O) groups excluding carboxylic acids is 2. The highest BCUT2D eigenvalue weighted by molar-refractivity contribution is 7.45. The van der Waals surface area contributed by atoms with E-state index in [1.54, 1.807) is 0 Å². The molecule has 0 radical (unpaired) electrons. The summed E-state index contributed by atoms with van der Waals surface area (Å²) in [6, 6.07) is 0. The molecule has 1 unspecified atom stereocenters. The number of rotatable bonds is 84. The van der Waals surface area contributed by atoms with E-state index in [1.807, 2.05) is 21.1 Å². The lowest BCUT2D eigenvalue weighted by molar-refractivity contribution is -0.870. The fourth-order valence-electron chi connectivity index (χ4n) is 14.0. The molecule has 96 heavy (non-hydrogen) atoms. The average molecular weight is 1380 g/mol. The van der Waals surface area contributed by atoms with Gasteiger partial charge in [-0.25, -0.2) is 0 Å². The highest BCUT2D eigenvalue weighted by Gasteiger charge is 2.22. The molecule has 0 heterocycles. The topological polar surface area (TPSA) is 111 Å². The molecular weight excluding hydrogens is 1210 g/mol. The summed E-state index contributed by atoms with van der Waals surface area (Å²) < 4.78 is 34.5. The Bertz CT molecular complexity index is 1570. The number of carbonyl (C=O) groups is 2. The minimum Gasteiger partial charge on any atom is -0.756 e. The lowest BCUT2D eigenvalue weighted by Gasteiger charge is -2.28. The van der Waals surface area contributed by atoms with Crippen LogP contribution < -0.4 is 4.89 Å². The zero-order valence-electron chi connectivity index (χ0n) is 65.9. The number of hydrogen-bond donors (Lipinski definition) is 0. The lowest BCUT2D eigenvalue weighted by Crippen LogP contribution is -2.37. The molecule has 0 aromatic carbocycles. The first kappa shape index (κ1) is 95.0. The Hall–Kier alpha value is -0.990. The van der Waals surface area contributed by atoms with Crippen molar-refractivity contribution >= 4 is 19.8 Å². The summed E-state index contributed by atoms with van der Waals surface area (Å²) in [5.74, 6) is -0.798. The first-order valence-electron chi connectivity index (χ1n) is 43.7. The minimum absolute atomic E-state index is 0.0246. The molecule has 2 atom stereocenters. The zero-order chi connectivity index (χ0) is 69.7. The molecule has 0 fully saturated rings. The van der Waals surface area contributed by atoms with Crippen LogP contribution in [0.1, 0.15) is 489 Å². The average Bonchev–Trinajstić information content (AvgIpc) is 1.43. The Morgan fingerprint density at radius 3 is 0.667 bits per heavy atom. The molecule has 0 aromatic rings. The molecule has 10 heteroatoms. The van der Waals surface area contributed by atoms with Gasteiger partial charge in [0.1, 0.15) is 19.8 Å². The van der Waals surface area contributed by atoms with Gasteiger partial charge in [0.25, 0.3) is 7.82 Å². The summed E-state index contributed by atoms with van der Waals surface area (Å²) >= 11 is 0. The van der Waals surface area contributed by atoms with Gasteiger partial charge in [-0.05, 0) is 12.8 Å². The van der Waals surface area contributed by atoms with Crippen LogP contribution in [0.15, 0.2) is 0 Å². The number of phosphoric acid groups is 1. The van der Waals surface area contributed by atoms with Crippen molar-refractivity contribution < 1.29 is 42.1 Å². The van der Waals surface area contributed by atoms with Gasteiger partial charge >= 0.3 is 11.9 Å². The Labute approximate surface area is 601 Å². The number of hydrogen-bond acceptors (Lipinski definition) is 8. The van der Waals surface area contributed by atoms with Crippen LogP contribution in [0, 0.1) is 0 Å². The predicted octanol–water partition coefficient (Wildman–Crippen LogP) is 28.6. The first-order valence-corrected chi connectivity index (χ1v) is 45.2. The van der Waals surface area contributed by atoms with Crippen LogP contribution in [0.2, 0.25) is 0 Å². The number of nitrogens with zero attached hydrogens (tertiary/aromatic N) is 1. The molecule has 0 aliphatic rings. The van der Waals surface area contributed by atoms with Crippen molar-refractivity contribution in [1.29, 1.82) is 0 Å². The highest BCUT2D eigenvalue weighted by Crippen LogP contribution is 2.38. The summed E-state index contributed by atoms with van der Waals surface area (Å²) in [6.45, 7) is 4.36. The van der Waals surface area contributed by atoms with Crippen molar-refractivity contribution in [3.63, 3.8) is 0 Å². The second kappa shape index (κ2) is 78.2. The molecule has 0 aliphatic carbocycles. The molecule has 0 aromatic heterocycles. The zero-order valence-corrected chi connectivity index (χ0v) is 66.8. The third-order valence-electron chi connectivity index (χ3n) is 20.6. The summed E-state index contributed by atoms with van der Waals surface area (Å²) in [6.07, 6.45) is 98.5. The summed E-state index contributed by atoms with van der Waals surface area (Å²) in [7, 11) is 1.20. The third-order valence-corrected chi connectivity index (χ3v) is 21.6. The van der Waals surface area contributed by atoms with Gasteiger partial charge in [0, 0.05) is 12.8 Å². The van der Waals surface area contributed by atoms with E-state index in [2.05, 4.69) is 13.8 Å². The van der Waals surface area contributed by atoms with Gasteiger partial charge in [0.2, 0.25) is 0 Å². The van der Waals surface area contributed by atoms with Gasteiger partial charge in [0.15, 0.2) is 6.10 Å². The standard InChI is InChI=1S/C86H172NO8P/c1-6-8-10-12-14-16-18-20-22-24-26-28-30-32-34-36-38-40-42-44-46-48-50-52-54-56-58-60-62-64-66-68-70-72-74-76-78-85(88)92-82-84(83-94-96(90,91)93-81-80-87(3,4)5)95-86(89)79-77-75-73-71-69-67-65-63-61-59-57-55-53-51-49-47-45-43-41-39-37-35-33-31-29-27-25-23-21-19-17-15-13-11-9-7-2/h84H,6-83H2,1-5H3/t84-/m1/s1. The Morgan fingerprint density at radius 1 is 0.281 bits per heavy atom. The van der Waals surface area contributed by atoms with Gasteiger partial charge in [-0.15, -0.1) is 0 Å². The van der Waals surface area contributed by atoms with E-state index in [1.165, 1.54) is 424 Å². The Balaban J connectivity index is 3.83. The van der Waals surface area contributed by atoms with E-state index in [0.717, 1.165) is 32.1 Å². The summed E-state index contributed by atoms with van der Waals surface area (Å²) in [4.78, 5) is 38.2. The summed E-state index contributed by atoms with van der Waals surface area (Å²) in [5, 5.41) is 0. The van der Waals surface area contributed by atoms with E-state index in [0.29, 0.717) is 17.4 Å². The first-order chi connectivity index (χ1) is 47.0. The maximum atomic E-state index is 12.9. The smallest absolute Gasteiger partial charge is 0.306 e. The van der Waals surface area contributed by atoms with Gasteiger partial charge < -0.3 is 27.9 Å². The van der Waals surface area contributed by atoms with Crippen molar-refractivity contribution in [2.24, 2.45) is 0 Å². The molecule has 0 saturated carbocycles. The second-order valence-electron chi connectivity index (χ2n) is 31.6. The molecule has 0 spiro atoms. The van der Waals surface area contributed by atoms with Crippen molar-refractivity contribution in [1.82, 2.24) is 0 Å². The van der Waals surface area contributed by atoms with E-state index < -0.39 is 26.5 Å². The fraction of sp³-hybridized carbons (Fsp3) is 0.977. The molecule has 0 saturated heterocycles. The Morgan fingerprint density at radius 2 is 0.469 bits per heavy atom.